The topological polar surface area (TPSA) is 117 Å². The number of rotatable bonds is 6. The maximum atomic E-state index is 12.0. The Balaban J connectivity index is 1.37. The third-order valence-corrected chi connectivity index (χ3v) is 4.45. The lowest BCUT2D eigenvalue weighted by Gasteiger charge is -2.05. The standard InChI is InChI=1S/C15H14N6O4S/c1-9-4-13(18-25-9)16-14(22)7-26-15-17-19-20-21(15)6-10-2-3-11-12(5-10)24-8-23-11/h2-5H,6-8H2,1H3,(H,16,18,22). The summed E-state index contributed by atoms with van der Waals surface area (Å²) in [7, 11) is 0. The summed E-state index contributed by atoms with van der Waals surface area (Å²) in [6, 6.07) is 7.30. The lowest BCUT2D eigenvalue weighted by molar-refractivity contribution is -0.113. The van der Waals surface area contributed by atoms with Crippen molar-refractivity contribution in [3.05, 3.63) is 35.6 Å². The normalized spacial score (nSPS) is 12.3. The molecule has 0 bridgehead atoms. The molecule has 26 heavy (non-hydrogen) atoms. The summed E-state index contributed by atoms with van der Waals surface area (Å²) < 4.78 is 17.2. The Morgan fingerprint density at radius 1 is 1.31 bits per heavy atom. The number of hydrogen-bond acceptors (Lipinski definition) is 9. The van der Waals surface area contributed by atoms with Crippen molar-refractivity contribution in [2.75, 3.05) is 17.9 Å². The highest BCUT2D eigenvalue weighted by molar-refractivity contribution is 7.99. The van der Waals surface area contributed by atoms with Gasteiger partial charge in [0.25, 0.3) is 0 Å². The highest BCUT2D eigenvalue weighted by Gasteiger charge is 2.15. The molecular formula is C15H14N6O4S. The minimum absolute atomic E-state index is 0.146. The van der Waals surface area contributed by atoms with Crippen LogP contribution in [0.1, 0.15) is 11.3 Å². The van der Waals surface area contributed by atoms with Gasteiger partial charge in [-0.3, -0.25) is 4.79 Å². The Hall–Kier alpha value is -3.08. The van der Waals surface area contributed by atoms with Crippen molar-refractivity contribution in [2.24, 2.45) is 0 Å². The summed E-state index contributed by atoms with van der Waals surface area (Å²) in [6.45, 7) is 2.43. The van der Waals surface area contributed by atoms with E-state index in [2.05, 4.69) is 26.0 Å². The molecule has 134 valence electrons. The smallest absolute Gasteiger partial charge is 0.236 e. The molecule has 11 heteroatoms. The molecule has 4 rings (SSSR count). The van der Waals surface area contributed by atoms with E-state index in [1.54, 1.807) is 17.7 Å². The van der Waals surface area contributed by atoms with Crippen molar-refractivity contribution in [3.8, 4) is 11.5 Å². The molecule has 1 aliphatic heterocycles. The minimum Gasteiger partial charge on any atom is -0.454 e. The third-order valence-electron chi connectivity index (χ3n) is 3.50. The van der Waals surface area contributed by atoms with Gasteiger partial charge in [-0.05, 0) is 35.0 Å². The van der Waals surface area contributed by atoms with Gasteiger partial charge in [-0.15, -0.1) is 5.10 Å². The van der Waals surface area contributed by atoms with Crippen LogP contribution in [0, 0.1) is 6.92 Å². The maximum Gasteiger partial charge on any atom is 0.236 e. The molecule has 1 N–H and O–H groups in total. The maximum absolute atomic E-state index is 12.0. The van der Waals surface area contributed by atoms with Gasteiger partial charge in [0.1, 0.15) is 5.76 Å². The fraction of sp³-hybridized carbons (Fsp3) is 0.267. The Bertz CT molecular complexity index is 940. The molecule has 0 unspecified atom stereocenters. The fourth-order valence-corrected chi connectivity index (χ4v) is 3.02. The summed E-state index contributed by atoms with van der Waals surface area (Å²) >= 11 is 1.23. The largest absolute Gasteiger partial charge is 0.454 e. The van der Waals surface area contributed by atoms with Crippen LogP contribution in [0.4, 0.5) is 5.82 Å². The minimum atomic E-state index is -0.221. The van der Waals surface area contributed by atoms with Gasteiger partial charge in [0, 0.05) is 6.07 Å². The molecule has 3 heterocycles. The van der Waals surface area contributed by atoms with E-state index < -0.39 is 0 Å². The molecule has 3 aromatic rings. The van der Waals surface area contributed by atoms with Crippen LogP contribution in [0.5, 0.6) is 11.5 Å². The number of benzene rings is 1. The highest BCUT2D eigenvalue weighted by atomic mass is 32.2. The van der Waals surface area contributed by atoms with Crippen LogP contribution in [0.2, 0.25) is 0 Å². The molecule has 1 aliphatic rings. The Morgan fingerprint density at radius 3 is 3.04 bits per heavy atom. The van der Waals surface area contributed by atoms with E-state index in [1.807, 2.05) is 18.2 Å². The van der Waals surface area contributed by atoms with Gasteiger partial charge in [-0.1, -0.05) is 23.0 Å². The first-order valence-corrected chi connectivity index (χ1v) is 8.66. The van der Waals surface area contributed by atoms with Gasteiger partial charge < -0.3 is 19.3 Å². The van der Waals surface area contributed by atoms with Crippen LogP contribution < -0.4 is 14.8 Å². The van der Waals surface area contributed by atoms with E-state index >= 15 is 0 Å². The third kappa shape index (κ3) is 3.61. The van der Waals surface area contributed by atoms with Gasteiger partial charge in [-0.2, -0.15) is 0 Å². The molecule has 1 amide bonds. The van der Waals surface area contributed by atoms with Crippen LogP contribution in [-0.4, -0.2) is 43.8 Å². The lowest BCUT2D eigenvalue weighted by atomic mass is 10.2. The first-order chi connectivity index (χ1) is 12.7. The second-order valence-electron chi connectivity index (χ2n) is 5.47. The number of fused-ring (bicyclic) bond motifs is 1. The van der Waals surface area contributed by atoms with Crippen molar-refractivity contribution in [3.63, 3.8) is 0 Å². The lowest BCUT2D eigenvalue weighted by Crippen LogP contribution is -2.15. The number of nitrogens with zero attached hydrogens (tertiary/aromatic N) is 5. The van der Waals surface area contributed by atoms with Gasteiger partial charge in [0.2, 0.25) is 17.9 Å². The molecule has 2 aromatic heterocycles. The zero-order valence-electron chi connectivity index (χ0n) is 13.7. The Kier molecular flexibility index (Phi) is 4.44. The summed E-state index contributed by atoms with van der Waals surface area (Å²) in [5, 5.41) is 18.5. The average Bonchev–Trinajstić information content (AvgIpc) is 3.34. The fourth-order valence-electron chi connectivity index (χ4n) is 2.35. The van der Waals surface area contributed by atoms with E-state index in [0.717, 1.165) is 11.3 Å². The van der Waals surface area contributed by atoms with E-state index in [0.29, 0.717) is 29.0 Å². The van der Waals surface area contributed by atoms with Crippen molar-refractivity contribution >= 4 is 23.5 Å². The number of anilines is 1. The van der Waals surface area contributed by atoms with Crippen LogP contribution in [0.15, 0.2) is 33.9 Å². The number of carbonyl (C=O) groups excluding carboxylic acids is 1. The quantitative estimate of drug-likeness (QED) is 0.640. The number of aromatic nitrogens is 5. The molecule has 0 saturated carbocycles. The molecule has 0 saturated heterocycles. The number of tetrazole rings is 1. The predicted octanol–water partition coefficient (Wildman–Crippen LogP) is 1.48. The van der Waals surface area contributed by atoms with Gasteiger partial charge in [-0.25, -0.2) is 4.68 Å². The zero-order valence-corrected chi connectivity index (χ0v) is 14.5. The monoisotopic (exact) mass is 374 g/mol. The van der Waals surface area contributed by atoms with E-state index in [9.17, 15) is 4.79 Å². The Morgan fingerprint density at radius 2 is 2.19 bits per heavy atom. The van der Waals surface area contributed by atoms with Crippen molar-refractivity contribution in [1.29, 1.82) is 0 Å². The van der Waals surface area contributed by atoms with Crippen LogP contribution in [0.3, 0.4) is 0 Å². The average molecular weight is 374 g/mol. The van der Waals surface area contributed by atoms with Crippen LogP contribution in [0.25, 0.3) is 0 Å². The highest BCUT2D eigenvalue weighted by Crippen LogP contribution is 2.32. The summed E-state index contributed by atoms with van der Waals surface area (Å²) in [6.07, 6.45) is 0. The molecular weight excluding hydrogens is 360 g/mol. The molecule has 0 spiro atoms. The van der Waals surface area contributed by atoms with E-state index in [4.69, 9.17) is 14.0 Å². The first-order valence-electron chi connectivity index (χ1n) is 7.68. The van der Waals surface area contributed by atoms with Crippen molar-refractivity contribution < 1.29 is 18.8 Å². The number of nitrogens with one attached hydrogen (secondary N) is 1. The second-order valence-corrected chi connectivity index (χ2v) is 6.41. The van der Waals surface area contributed by atoms with Crippen LogP contribution >= 0.6 is 11.8 Å². The predicted molar refractivity (Wildman–Crippen MR) is 90.1 cm³/mol. The number of thioether (sulfide) groups is 1. The molecule has 0 fully saturated rings. The Labute approximate surface area is 151 Å². The first kappa shape index (κ1) is 16.4. The zero-order chi connectivity index (χ0) is 17.9. The number of amides is 1. The number of ether oxygens (including phenoxy) is 2. The van der Waals surface area contributed by atoms with Crippen molar-refractivity contribution in [1.82, 2.24) is 25.4 Å². The van der Waals surface area contributed by atoms with Gasteiger partial charge in [0.15, 0.2) is 17.3 Å². The summed E-state index contributed by atoms with van der Waals surface area (Å²) in [5.74, 6) is 2.36. The van der Waals surface area contributed by atoms with E-state index in [-0.39, 0.29) is 18.5 Å². The molecule has 0 aliphatic carbocycles. The second kappa shape index (κ2) is 7.04. The van der Waals surface area contributed by atoms with Gasteiger partial charge in [0.05, 0.1) is 12.3 Å². The molecule has 0 radical (unpaired) electrons. The molecule has 0 atom stereocenters. The van der Waals surface area contributed by atoms with Gasteiger partial charge >= 0.3 is 0 Å². The number of hydrogen-bond donors (Lipinski definition) is 1. The van der Waals surface area contributed by atoms with Crippen LogP contribution in [-0.2, 0) is 11.3 Å². The number of carbonyl (C=O) groups is 1. The van der Waals surface area contributed by atoms with E-state index in [1.165, 1.54) is 11.8 Å². The molecule has 10 nitrogen and oxygen atoms in total. The summed E-state index contributed by atoms with van der Waals surface area (Å²) in [4.78, 5) is 12.0. The number of aryl methyl sites for hydroxylation is 1. The SMILES string of the molecule is Cc1cc(NC(=O)CSc2nnnn2Cc2ccc3c(c2)OCO3)no1. The molecule has 1 aromatic carbocycles. The van der Waals surface area contributed by atoms with Crippen molar-refractivity contribution in [2.45, 2.75) is 18.6 Å². The summed E-state index contributed by atoms with van der Waals surface area (Å²) in [5.41, 5.74) is 0.964.